The van der Waals surface area contributed by atoms with Crippen molar-refractivity contribution in [2.75, 3.05) is 17.7 Å². The summed E-state index contributed by atoms with van der Waals surface area (Å²) < 4.78 is 7.32. The van der Waals surface area contributed by atoms with Crippen molar-refractivity contribution >= 4 is 28.9 Å². The van der Waals surface area contributed by atoms with Crippen LogP contribution in [0.3, 0.4) is 0 Å². The number of anilines is 1. The number of thioether (sulfide) groups is 1. The summed E-state index contributed by atoms with van der Waals surface area (Å²) in [6.07, 6.45) is 4.40. The van der Waals surface area contributed by atoms with Crippen LogP contribution in [0.1, 0.15) is 25.0 Å². The van der Waals surface area contributed by atoms with Crippen molar-refractivity contribution in [2.24, 2.45) is 0 Å². The van der Waals surface area contributed by atoms with E-state index in [4.69, 9.17) is 4.74 Å². The van der Waals surface area contributed by atoms with E-state index in [1.807, 2.05) is 68.6 Å². The molecule has 164 valence electrons. The lowest BCUT2D eigenvalue weighted by atomic mass is 10.1. The number of nitrogens with one attached hydrogen (secondary N) is 1. The van der Waals surface area contributed by atoms with E-state index in [1.165, 1.54) is 11.8 Å². The van der Waals surface area contributed by atoms with Crippen LogP contribution >= 0.6 is 11.8 Å². The average Bonchev–Trinajstić information content (AvgIpc) is 3.25. The van der Waals surface area contributed by atoms with Crippen LogP contribution < -0.4 is 10.1 Å². The minimum Gasteiger partial charge on any atom is -0.494 e. The van der Waals surface area contributed by atoms with Crippen molar-refractivity contribution in [1.82, 2.24) is 14.6 Å². The Kier molecular flexibility index (Phi) is 6.75. The second kappa shape index (κ2) is 9.87. The molecule has 0 atom stereocenters. The Hall–Kier alpha value is -3.32. The summed E-state index contributed by atoms with van der Waals surface area (Å²) in [5.41, 5.74) is 5.84. The van der Waals surface area contributed by atoms with E-state index in [9.17, 15) is 4.79 Å². The van der Waals surface area contributed by atoms with Gasteiger partial charge in [0.2, 0.25) is 5.91 Å². The molecule has 0 fully saturated rings. The molecule has 1 N–H and O–H groups in total. The highest BCUT2D eigenvalue weighted by atomic mass is 32.2. The van der Waals surface area contributed by atoms with Crippen LogP contribution in [-0.2, 0) is 11.2 Å². The lowest BCUT2D eigenvalue weighted by Crippen LogP contribution is -2.16. The number of nitrogens with zero attached hydrogens (tertiary/aromatic N) is 3. The van der Waals surface area contributed by atoms with Gasteiger partial charge in [0.15, 0.2) is 0 Å². The molecule has 0 bridgehead atoms. The number of amides is 1. The summed E-state index contributed by atoms with van der Waals surface area (Å²) in [7, 11) is 0. The van der Waals surface area contributed by atoms with Crippen molar-refractivity contribution in [3.05, 3.63) is 72.1 Å². The van der Waals surface area contributed by atoms with E-state index in [0.717, 1.165) is 50.8 Å². The molecule has 0 unspecified atom stereocenters. The summed E-state index contributed by atoms with van der Waals surface area (Å²) in [4.78, 5) is 17.1. The van der Waals surface area contributed by atoms with Gasteiger partial charge in [-0.05, 0) is 61.7 Å². The molecule has 0 aliphatic heterocycles. The zero-order chi connectivity index (χ0) is 22.5. The Morgan fingerprint density at radius 3 is 2.72 bits per heavy atom. The summed E-state index contributed by atoms with van der Waals surface area (Å²) in [5.74, 6) is 1.06. The molecule has 0 saturated heterocycles. The lowest BCUT2D eigenvalue weighted by molar-refractivity contribution is -0.113. The monoisotopic (exact) mass is 446 g/mol. The number of fused-ring (bicyclic) bond motifs is 1. The first-order chi connectivity index (χ1) is 15.6. The van der Waals surface area contributed by atoms with Crippen LogP contribution in [0.2, 0.25) is 0 Å². The van der Waals surface area contributed by atoms with Crippen molar-refractivity contribution in [2.45, 2.75) is 32.2 Å². The van der Waals surface area contributed by atoms with Crippen LogP contribution in [0.25, 0.3) is 16.8 Å². The first-order valence-corrected chi connectivity index (χ1v) is 11.7. The quantitative estimate of drug-likeness (QED) is 0.367. The fraction of sp³-hybridized carbons (Fsp3) is 0.240. The number of aromatic nitrogens is 3. The van der Waals surface area contributed by atoms with Gasteiger partial charge in [0.1, 0.15) is 10.8 Å². The molecule has 2 aromatic carbocycles. The van der Waals surface area contributed by atoms with Gasteiger partial charge in [-0.1, -0.05) is 36.9 Å². The molecular formula is C25H26N4O2S. The maximum absolute atomic E-state index is 12.7. The number of carbonyl (C=O) groups excluding carboxylic acids is 1. The Balaban J connectivity index is 1.50. The Bertz CT molecular complexity index is 1230. The van der Waals surface area contributed by atoms with Gasteiger partial charge in [-0.3, -0.25) is 4.79 Å². The summed E-state index contributed by atoms with van der Waals surface area (Å²) >= 11 is 1.41. The largest absolute Gasteiger partial charge is 0.494 e. The fourth-order valence-corrected chi connectivity index (χ4v) is 4.33. The van der Waals surface area contributed by atoms with Gasteiger partial charge in [0.25, 0.3) is 0 Å². The third-order valence-corrected chi connectivity index (χ3v) is 6.15. The van der Waals surface area contributed by atoms with Crippen molar-refractivity contribution < 1.29 is 9.53 Å². The molecule has 2 heterocycles. The maximum atomic E-state index is 12.7. The molecule has 1 amide bonds. The predicted molar refractivity (Wildman–Crippen MR) is 130 cm³/mol. The first kappa shape index (κ1) is 21.9. The number of benzene rings is 2. The zero-order valence-electron chi connectivity index (χ0n) is 18.5. The second-order valence-corrected chi connectivity index (χ2v) is 8.31. The molecular weight excluding hydrogens is 420 g/mol. The van der Waals surface area contributed by atoms with Gasteiger partial charge < -0.3 is 10.1 Å². The first-order valence-electron chi connectivity index (χ1n) is 10.7. The number of aryl methyl sites for hydroxylation is 2. The van der Waals surface area contributed by atoms with Gasteiger partial charge >= 0.3 is 0 Å². The van der Waals surface area contributed by atoms with Crippen LogP contribution in [0.4, 0.5) is 5.69 Å². The average molecular weight is 447 g/mol. The Morgan fingerprint density at radius 1 is 1.16 bits per heavy atom. The van der Waals surface area contributed by atoms with Gasteiger partial charge in [0.05, 0.1) is 23.6 Å². The molecule has 0 saturated carbocycles. The Morgan fingerprint density at radius 2 is 1.97 bits per heavy atom. The molecule has 6 nitrogen and oxygen atoms in total. The van der Waals surface area contributed by atoms with Crippen LogP contribution in [0.15, 0.2) is 66.0 Å². The highest BCUT2D eigenvalue weighted by Crippen LogP contribution is 2.28. The molecule has 0 aliphatic carbocycles. The molecule has 0 spiro atoms. The van der Waals surface area contributed by atoms with Crippen LogP contribution in [0.5, 0.6) is 5.75 Å². The van der Waals surface area contributed by atoms with E-state index >= 15 is 0 Å². The number of ether oxygens (including phenoxy) is 1. The molecule has 4 rings (SSSR count). The Labute approximate surface area is 192 Å². The smallest absolute Gasteiger partial charge is 0.234 e. The topological polar surface area (TPSA) is 68.5 Å². The maximum Gasteiger partial charge on any atom is 0.234 e. The molecule has 32 heavy (non-hydrogen) atoms. The summed E-state index contributed by atoms with van der Waals surface area (Å²) in [6, 6.07) is 16.0. The SMILES string of the molecule is CCOc1ccc(-c2cc3c(SCC(=O)Nc4c(C)cccc4CC)nccn3n2)cc1. The lowest BCUT2D eigenvalue weighted by Gasteiger charge is -2.12. The molecule has 0 radical (unpaired) electrons. The number of rotatable bonds is 8. The third kappa shape index (κ3) is 4.78. The minimum absolute atomic E-state index is 0.0472. The van der Waals surface area contributed by atoms with Crippen LogP contribution in [-0.4, -0.2) is 32.9 Å². The summed E-state index contributed by atoms with van der Waals surface area (Å²) in [6.45, 7) is 6.70. The van der Waals surface area contributed by atoms with Crippen molar-refractivity contribution in [1.29, 1.82) is 0 Å². The van der Waals surface area contributed by atoms with Gasteiger partial charge in [-0.15, -0.1) is 0 Å². The van der Waals surface area contributed by atoms with Gasteiger partial charge in [0, 0.05) is 23.6 Å². The van der Waals surface area contributed by atoms with Gasteiger partial charge in [-0.25, -0.2) is 9.50 Å². The molecule has 0 aliphatic rings. The fourth-order valence-electron chi connectivity index (χ4n) is 3.55. The van der Waals surface area contributed by atoms with E-state index < -0.39 is 0 Å². The van der Waals surface area contributed by atoms with E-state index in [1.54, 1.807) is 10.7 Å². The summed E-state index contributed by atoms with van der Waals surface area (Å²) in [5, 5.41) is 8.51. The normalized spacial score (nSPS) is 11.0. The van der Waals surface area contributed by atoms with E-state index in [0.29, 0.717) is 6.61 Å². The molecule has 2 aromatic heterocycles. The number of hydrogen-bond donors (Lipinski definition) is 1. The zero-order valence-corrected chi connectivity index (χ0v) is 19.3. The highest BCUT2D eigenvalue weighted by Gasteiger charge is 2.13. The number of hydrogen-bond acceptors (Lipinski definition) is 5. The van der Waals surface area contributed by atoms with Gasteiger partial charge in [-0.2, -0.15) is 5.10 Å². The van der Waals surface area contributed by atoms with Crippen molar-refractivity contribution in [3.8, 4) is 17.0 Å². The predicted octanol–water partition coefficient (Wildman–Crippen LogP) is 5.40. The van der Waals surface area contributed by atoms with E-state index in [2.05, 4.69) is 22.3 Å². The van der Waals surface area contributed by atoms with Crippen molar-refractivity contribution in [3.63, 3.8) is 0 Å². The van der Waals surface area contributed by atoms with E-state index in [-0.39, 0.29) is 11.7 Å². The molecule has 4 aromatic rings. The standard InChI is InChI=1S/C25H26N4O2S/c1-4-18-8-6-7-17(3)24(18)27-23(30)16-32-25-22-15-21(28-29(22)14-13-26-25)19-9-11-20(12-10-19)31-5-2/h6-15H,4-5,16H2,1-3H3,(H,27,30). The number of para-hydroxylation sites is 1. The highest BCUT2D eigenvalue weighted by molar-refractivity contribution is 8.00. The number of carbonyl (C=O) groups is 1. The second-order valence-electron chi connectivity index (χ2n) is 7.35. The third-order valence-electron chi connectivity index (χ3n) is 5.16. The molecule has 7 heteroatoms. The van der Waals surface area contributed by atoms with Crippen LogP contribution in [0, 0.1) is 6.92 Å². The minimum atomic E-state index is -0.0472.